The van der Waals surface area contributed by atoms with Gasteiger partial charge >= 0.3 is 0 Å². The van der Waals surface area contributed by atoms with Crippen LogP contribution in [0.1, 0.15) is 52.9 Å². The number of aliphatic imine (C=N–C) groups is 1. The Labute approximate surface area is 118 Å². The molecule has 4 nitrogen and oxygen atoms in total. The maximum Gasteiger partial charge on any atom is 0.191 e. The lowest BCUT2D eigenvalue weighted by molar-refractivity contribution is 0.0169. The lowest BCUT2D eigenvalue weighted by Gasteiger charge is -2.24. The van der Waals surface area contributed by atoms with E-state index in [-0.39, 0.29) is 0 Å². The van der Waals surface area contributed by atoms with Crippen molar-refractivity contribution in [3.63, 3.8) is 0 Å². The summed E-state index contributed by atoms with van der Waals surface area (Å²) in [7, 11) is 1.81. The summed E-state index contributed by atoms with van der Waals surface area (Å²) in [4.78, 5) is 4.22. The standard InChI is InChI=1S/C15H31N3O/c1-5-19-14(13-8-6-7-9-13)10-11-17-15(16-4)18-12(2)3/h12-14H,5-11H2,1-4H3,(H2,16,17,18). The number of rotatable bonds is 7. The number of ether oxygens (including phenoxy) is 1. The van der Waals surface area contributed by atoms with Crippen molar-refractivity contribution in [1.29, 1.82) is 0 Å². The zero-order valence-corrected chi connectivity index (χ0v) is 13.0. The molecule has 0 bridgehead atoms. The predicted octanol–water partition coefficient (Wildman–Crippen LogP) is 2.55. The quantitative estimate of drug-likeness (QED) is 0.551. The van der Waals surface area contributed by atoms with Crippen molar-refractivity contribution in [2.24, 2.45) is 10.9 Å². The molecule has 1 aliphatic rings. The zero-order valence-electron chi connectivity index (χ0n) is 13.0. The molecule has 1 aliphatic carbocycles. The summed E-state index contributed by atoms with van der Waals surface area (Å²) in [6, 6.07) is 0.406. The smallest absolute Gasteiger partial charge is 0.191 e. The fourth-order valence-electron chi connectivity index (χ4n) is 2.80. The van der Waals surface area contributed by atoms with Crippen molar-refractivity contribution in [2.75, 3.05) is 20.2 Å². The second kappa shape index (κ2) is 9.18. The molecule has 1 unspecified atom stereocenters. The molecule has 112 valence electrons. The summed E-state index contributed by atoms with van der Waals surface area (Å²) in [5, 5.41) is 6.67. The summed E-state index contributed by atoms with van der Waals surface area (Å²) in [6.07, 6.45) is 6.90. The van der Waals surface area contributed by atoms with Gasteiger partial charge in [-0.15, -0.1) is 0 Å². The van der Waals surface area contributed by atoms with Crippen LogP contribution in [0, 0.1) is 5.92 Å². The minimum atomic E-state index is 0.406. The molecule has 0 saturated heterocycles. The first-order valence-electron chi connectivity index (χ1n) is 7.76. The molecule has 0 heterocycles. The number of nitrogens with one attached hydrogen (secondary N) is 2. The Kier molecular flexibility index (Phi) is 7.87. The van der Waals surface area contributed by atoms with Gasteiger partial charge in [-0.3, -0.25) is 4.99 Å². The Balaban J connectivity index is 2.30. The average molecular weight is 269 g/mol. The topological polar surface area (TPSA) is 45.6 Å². The number of nitrogens with zero attached hydrogens (tertiary/aromatic N) is 1. The normalized spacial score (nSPS) is 18.9. The molecule has 2 N–H and O–H groups in total. The molecule has 1 atom stereocenters. The van der Waals surface area contributed by atoms with Gasteiger partial charge in [-0.05, 0) is 46.0 Å². The highest BCUT2D eigenvalue weighted by molar-refractivity contribution is 5.79. The monoisotopic (exact) mass is 269 g/mol. The molecule has 1 rings (SSSR count). The van der Waals surface area contributed by atoms with Gasteiger partial charge < -0.3 is 15.4 Å². The van der Waals surface area contributed by atoms with E-state index < -0.39 is 0 Å². The van der Waals surface area contributed by atoms with E-state index in [1.165, 1.54) is 25.7 Å². The van der Waals surface area contributed by atoms with Crippen LogP contribution in [0.15, 0.2) is 4.99 Å². The molecule has 1 fully saturated rings. The molecular formula is C15H31N3O. The van der Waals surface area contributed by atoms with E-state index in [0.717, 1.165) is 31.4 Å². The minimum Gasteiger partial charge on any atom is -0.378 e. The third kappa shape index (κ3) is 6.28. The van der Waals surface area contributed by atoms with E-state index in [1.807, 2.05) is 7.05 Å². The van der Waals surface area contributed by atoms with E-state index in [0.29, 0.717) is 12.1 Å². The third-order valence-corrected chi connectivity index (χ3v) is 3.68. The second-order valence-electron chi connectivity index (χ2n) is 5.63. The van der Waals surface area contributed by atoms with Crippen molar-refractivity contribution in [1.82, 2.24) is 10.6 Å². The highest BCUT2D eigenvalue weighted by Crippen LogP contribution is 2.30. The first-order valence-corrected chi connectivity index (χ1v) is 7.76. The van der Waals surface area contributed by atoms with Gasteiger partial charge in [-0.2, -0.15) is 0 Å². The van der Waals surface area contributed by atoms with Crippen LogP contribution in [0.25, 0.3) is 0 Å². The van der Waals surface area contributed by atoms with Crippen molar-refractivity contribution in [3.8, 4) is 0 Å². The van der Waals surface area contributed by atoms with Crippen molar-refractivity contribution < 1.29 is 4.74 Å². The second-order valence-corrected chi connectivity index (χ2v) is 5.63. The molecule has 0 radical (unpaired) electrons. The molecule has 1 saturated carbocycles. The van der Waals surface area contributed by atoms with Crippen LogP contribution < -0.4 is 10.6 Å². The van der Waals surface area contributed by atoms with Gasteiger partial charge in [0.25, 0.3) is 0 Å². The third-order valence-electron chi connectivity index (χ3n) is 3.68. The van der Waals surface area contributed by atoms with E-state index in [2.05, 4.69) is 36.4 Å². The van der Waals surface area contributed by atoms with Crippen molar-refractivity contribution in [2.45, 2.75) is 65.0 Å². The van der Waals surface area contributed by atoms with Crippen LogP contribution in [0.5, 0.6) is 0 Å². The maximum atomic E-state index is 5.92. The van der Waals surface area contributed by atoms with E-state index in [1.54, 1.807) is 0 Å². The molecule has 0 aromatic carbocycles. The zero-order chi connectivity index (χ0) is 14.1. The lowest BCUT2D eigenvalue weighted by atomic mass is 9.98. The number of hydrogen-bond donors (Lipinski definition) is 2. The van der Waals surface area contributed by atoms with Gasteiger partial charge in [0.05, 0.1) is 6.10 Å². The van der Waals surface area contributed by atoms with Crippen molar-refractivity contribution >= 4 is 5.96 Å². The average Bonchev–Trinajstić information content (AvgIpc) is 2.89. The molecule has 19 heavy (non-hydrogen) atoms. The highest BCUT2D eigenvalue weighted by Gasteiger charge is 2.24. The van der Waals surface area contributed by atoms with Crippen molar-refractivity contribution in [3.05, 3.63) is 0 Å². The first kappa shape index (κ1) is 16.3. The van der Waals surface area contributed by atoms with E-state index in [9.17, 15) is 0 Å². The van der Waals surface area contributed by atoms with Gasteiger partial charge in [0.1, 0.15) is 0 Å². The molecule has 0 amide bonds. The Bertz CT molecular complexity index is 260. The molecule has 4 heteroatoms. The molecular weight excluding hydrogens is 238 g/mol. The van der Waals surface area contributed by atoms with E-state index in [4.69, 9.17) is 4.74 Å². The van der Waals surface area contributed by atoms with Gasteiger partial charge in [0.15, 0.2) is 5.96 Å². The molecule has 0 spiro atoms. The Morgan fingerprint density at radius 1 is 1.32 bits per heavy atom. The molecule has 0 aromatic rings. The summed E-state index contributed by atoms with van der Waals surface area (Å²) in [6.45, 7) is 8.07. The van der Waals surface area contributed by atoms with Gasteiger partial charge in [-0.25, -0.2) is 0 Å². The van der Waals surface area contributed by atoms with Crippen LogP contribution >= 0.6 is 0 Å². The largest absolute Gasteiger partial charge is 0.378 e. The fraction of sp³-hybridized carbons (Fsp3) is 0.933. The van der Waals surface area contributed by atoms with Gasteiger partial charge in [-0.1, -0.05) is 12.8 Å². The first-order chi connectivity index (χ1) is 9.17. The number of hydrogen-bond acceptors (Lipinski definition) is 2. The SMILES string of the molecule is CCOC(CCNC(=NC)NC(C)C)C1CCCC1. The minimum absolute atomic E-state index is 0.406. The Morgan fingerprint density at radius 2 is 2.00 bits per heavy atom. The summed E-state index contributed by atoms with van der Waals surface area (Å²) >= 11 is 0. The summed E-state index contributed by atoms with van der Waals surface area (Å²) < 4.78 is 5.92. The molecule has 0 aromatic heterocycles. The summed E-state index contributed by atoms with van der Waals surface area (Å²) in [5.41, 5.74) is 0. The lowest BCUT2D eigenvalue weighted by Crippen LogP contribution is -2.42. The Hall–Kier alpha value is -0.770. The van der Waals surface area contributed by atoms with Crippen LogP contribution in [-0.2, 0) is 4.74 Å². The number of guanidine groups is 1. The van der Waals surface area contributed by atoms with Crippen LogP contribution in [-0.4, -0.2) is 38.3 Å². The van der Waals surface area contributed by atoms with Gasteiger partial charge in [0, 0.05) is 26.2 Å². The Morgan fingerprint density at radius 3 is 2.53 bits per heavy atom. The maximum absolute atomic E-state index is 5.92. The molecule has 0 aliphatic heterocycles. The van der Waals surface area contributed by atoms with Crippen LogP contribution in [0.3, 0.4) is 0 Å². The summed E-state index contributed by atoms with van der Waals surface area (Å²) in [5.74, 6) is 1.65. The van der Waals surface area contributed by atoms with Gasteiger partial charge in [0.2, 0.25) is 0 Å². The predicted molar refractivity (Wildman–Crippen MR) is 81.6 cm³/mol. The fourth-order valence-corrected chi connectivity index (χ4v) is 2.80. The van der Waals surface area contributed by atoms with Crippen LogP contribution in [0.4, 0.5) is 0 Å². The van der Waals surface area contributed by atoms with Crippen LogP contribution in [0.2, 0.25) is 0 Å². The van der Waals surface area contributed by atoms with E-state index >= 15 is 0 Å². The highest BCUT2D eigenvalue weighted by atomic mass is 16.5.